The van der Waals surface area contributed by atoms with Gasteiger partial charge in [0.05, 0.1) is 18.9 Å². The summed E-state index contributed by atoms with van der Waals surface area (Å²) in [5, 5.41) is 3.40. The number of aromatic nitrogens is 1. The number of ether oxygens (including phenoxy) is 2. The van der Waals surface area contributed by atoms with Gasteiger partial charge in [-0.25, -0.2) is 0 Å². The Hall–Kier alpha value is -1.13. The first-order valence-corrected chi connectivity index (χ1v) is 7.63. The van der Waals surface area contributed by atoms with Crippen molar-refractivity contribution in [3.63, 3.8) is 0 Å². The quantitative estimate of drug-likeness (QED) is 0.794. The Morgan fingerprint density at radius 2 is 2.10 bits per heavy atom. The van der Waals surface area contributed by atoms with Gasteiger partial charge in [0.15, 0.2) is 0 Å². The van der Waals surface area contributed by atoms with E-state index in [0.29, 0.717) is 18.8 Å². The highest BCUT2D eigenvalue weighted by atomic mass is 16.5. The van der Waals surface area contributed by atoms with Crippen LogP contribution in [-0.2, 0) is 4.74 Å². The maximum Gasteiger partial charge on any atom is 0.137 e. The lowest BCUT2D eigenvalue weighted by Gasteiger charge is -2.37. The normalized spacial score (nSPS) is 23.1. The summed E-state index contributed by atoms with van der Waals surface area (Å²) in [7, 11) is 2.01. The molecule has 1 N–H and O–H groups in total. The summed E-state index contributed by atoms with van der Waals surface area (Å²) in [5.41, 5.74) is 1.21. The van der Waals surface area contributed by atoms with Gasteiger partial charge in [-0.15, -0.1) is 0 Å². The summed E-state index contributed by atoms with van der Waals surface area (Å²) in [6.45, 7) is 5.56. The molecule has 0 saturated heterocycles. The molecule has 0 bridgehead atoms. The van der Waals surface area contributed by atoms with Gasteiger partial charge in [-0.3, -0.25) is 4.98 Å². The summed E-state index contributed by atoms with van der Waals surface area (Å²) in [6.07, 6.45) is 7.69. The van der Waals surface area contributed by atoms with Crippen LogP contribution in [0.4, 0.5) is 0 Å². The van der Waals surface area contributed by atoms with E-state index in [1.54, 1.807) is 6.20 Å². The molecule has 1 unspecified atom stereocenters. The predicted molar refractivity (Wildman–Crippen MR) is 80.0 cm³/mol. The van der Waals surface area contributed by atoms with Crippen LogP contribution < -0.4 is 10.1 Å². The third-order valence-corrected chi connectivity index (χ3v) is 3.96. The third-order valence-electron chi connectivity index (χ3n) is 3.96. The van der Waals surface area contributed by atoms with Crippen molar-refractivity contribution < 1.29 is 9.47 Å². The van der Waals surface area contributed by atoms with Crippen LogP contribution in [0.15, 0.2) is 18.5 Å². The molecule has 0 aliphatic heterocycles. The molecule has 112 valence electrons. The Bertz CT molecular complexity index is 405. The summed E-state index contributed by atoms with van der Waals surface area (Å²) in [4.78, 5) is 4.28. The van der Waals surface area contributed by atoms with E-state index in [-0.39, 0.29) is 0 Å². The molecule has 1 saturated carbocycles. The highest BCUT2D eigenvalue weighted by molar-refractivity contribution is 5.26. The molecule has 20 heavy (non-hydrogen) atoms. The molecule has 4 heteroatoms. The molecule has 1 heterocycles. The van der Waals surface area contributed by atoms with Crippen molar-refractivity contribution in [2.75, 3.05) is 20.3 Å². The van der Waals surface area contributed by atoms with E-state index >= 15 is 0 Å². The third kappa shape index (κ3) is 3.93. The van der Waals surface area contributed by atoms with Gasteiger partial charge in [0.2, 0.25) is 0 Å². The lowest BCUT2D eigenvalue weighted by Crippen LogP contribution is -2.34. The topological polar surface area (TPSA) is 43.4 Å². The predicted octanol–water partition coefficient (Wildman–Crippen LogP) is 2.95. The first-order valence-electron chi connectivity index (χ1n) is 7.63. The van der Waals surface area contributed by atoms with E-state index in [0.717, 1.165) is 24.7 Å². The van der Waals surface area contributed by atoms with Crippen molar-refractivity contribution in [1.82, 2.24) is 10.3 Å². The fraction of sp³-hybridized carbons (Fsp3) is 0.688. The van der Waals surface area contributed by atoms with Crippen molar-refractivity contribution in [3.05, 3.63) is 24.0 Å². The zero-order valence-corrected chi connectivity index (χ0v) is 12.8. The second kappa shape index (κ2) is 7.60. The summed E-state index contributed by atoms with van der Waals surface area (Å²) in [5.74, 6) is 1.60. The zero-order chi connectivity index (χ0) is 14.4. The molecule has 4 nitrogen and oxygen atoms in total. The van der Waals surface area contributed by atoms with Gasteiger partial charge >= 0.3 is 0 Å². The van der Waals surface area contributed by atoms with Crippen LogP contribution in [0.3, 0.4) is 0 Å². The molecule has 1 aliphatic rings. The van der Waals surface area contributed by atoms with Gasteiger partial charge in [0, 0.05) is 18.8 Å². The van der Waals surface area contributed by atoms with Gasteiger partial charge in [-0.1, -0.05) is 0 Å². The Labute approximate surface area is 121 Å². The SMILES string of the molecule is CCOc1cncc(C(CC2CC(OCC)C2)NC)c1. The maximum absolute atomic E-state index is 5.63. The first kappa shape index (κ1) is 15.3. The molecule has 0 radical (unpaired) electrons. The van der Waals surface area contributed by atoms with Crippen LogP contribution in [-0.4, -0.2) is 31.3 Å². The van der Waals surface area contributed by atoms with E-state index in [2.05, 4.69) is 23.3 Å². The molecule has 1 atom stereocenters. The standard InChI is InChI=1S/C16H26N2O2/c1-4-19-14-6-12(7-14)8-16(17-3)13-9-15(20-5-2)11-18-10-13/h9-12,14,16-17H,4-8H2,1-3H3. The number of nitrogens with zero attached hydrogens (tertiary/aromatic N) is 1. The highest BCUT2D eigenvalue weighted by Gasteiger charge is 2.31. The Morgan fingerprint density at radius 3 is 2.75 bits per heavy atom. The van der Waals surface area contributed by atoms with E-state index in [4.69, 9.17) is 9.47 Å². The molecule has 0 amide bonds. The summed E-state index contributed by atoms with van der Waals surface area (Å²) >= 11 is 0. The second-order valence-corrected chi connectivity index (χ2v) is 5.38. The largest absolute Gasteiger partial charge is 0.492 e. The Balaban J connectivity index is 1.90. The average Bonchev–Trinajstić information content (AvgIpc) is 2.42. The molecule has 0 aromatic carbocycles. The van der Waals surface area contributed by atoms with Gasteiger partial charge in [-0.05, 0) is 57.7 Å². The zero-order valence-electron chi connectivity index (χ0n) is 12.8. The van der Waals surface area contributed by atoms with Gasteiger partial charge in [-0.2, -0.15) is 0 Å². The Morgan fingerprint density at radius 1 is 1.30 bits per heavy atom. The van der Waals surface area contributed by atoms with Crippen molar-refractivity contribution in [1.29, 1.82) is 0 Å². The molecule has 2 rings (SSSR count). The van der Waals surface area contributed by atoms with E-state index in [1.807, 2.05) is 20.2 Å². The maximum atomic E-state index is 5.63. The van der Waals surface area contributed by atoms with Gasteiger partial charge in [0.25, 0.3) is 0 Å². The van der Waals surface area contributed by atoms with Crippen LogP contribution in [0.5, 0.6) is 5.75 Å². The molecular formula is C16H26N2O2. The molecule has 0 spiro atoms. The lowest BCUT2D eigenvalue weighted by atomic mass is 9.77. The van der Waals surface area contributed by atoms with Gasteiger partial charge < -0.3 is 14.8 Å². The van der Waals surface area contributed by atoms with Crippen LogP contribution in [0.25, 0.3) is 0 Å². The molecule has 1 aliphatic carbocycles. The number of hydrogen-bond donors (Lipinski definition) is 1. The minimum Gasteiger partial charge on any atom is -0.492 e. The smallest absolute Gasteiger partial charge is 0.137 e. The lowest BCUT2D eigenvalue weighted by molar-refractivity contribution is -0.0289. The van der Waals surface area contributed by atoms with E-state index in [1.165, 1.54) is 18.4 Å². The van der Waals surface area contributed by atoms with Crippen LogP contribution in [0, 0.1) is 5.92 Å². The number of pyridine rings is 1. The van der Waals surface area contributed by atoms with E-state index in [9.17, 15) is 0 Å². The van der Waals surface area contributed by atoms with Crippen LogP contribution in [0.1, 0.15) is 44.7 Å². The van der Waals surface area contributed by atoms with Crippen molar-refractivity contribution >= 4 is 0 Å². The minimum absolute atomic E-state index is 0.343. The number of hydrogen-bond acceptors (Lipinski definition) is 4. The highest BCUT2D eigenvalue weighted by Crippen LogP contribution is 2.37. The summed E-state index contributed by atoms with van der Waals surface area (Å²) < 4.78 is 11.2. The van der Waals surface area contributed by atoms with Crippen molar-refractivity contribution in [2.45, 2.75) is 45.3 Å². The molecule has 1 aromatic heterocycles. The summed E-state index contributed by atoms with van der Waals surface area (Å²) in [6, 6.07) is 2.44. The molecule has 1 aromatic rings. The van der Waals surface area contributed by atoms with Crippen LogP contribution >= 0.6 is 0 Å². The fourth-order valence-corrected chi connectivity index (χ4v) is 2.86. The fourth-order valence-electron chi connectivity index (χ4n) is 2.86. The second-order valence-electron chi connectivity index (χ2n) is 5.38. The van der Waals surface area contributed by atoms with E-state index < -0.39 is 0 Å². The van der Waals surface area contributed by atoms with Crippen LogP contribution in [0.2, 0.25) is 0 Å². The number of nitrogens with one attached hydrogen (secondary N) is 1. The minimum atomic E-state index is 0.343. The van der Waals surface area contributed by atoms with Crippen molar-refractivity contribution in [3.8, 4) is 5.75 Å². The molecule has 1 fully saturated rings. The average molecular weight is 278 g/mol. The molecular weight excluding hydrogens is 252 g/mol. The van der Waals surface area contributed by atoms with Crippen molar-refractivity contribution in [2.24, 2.45) is 5.92 Å². The Kier molecular flexibility index (Phi) is 5.80. The number of rotatable bonds is 8. The monoisotopic (exact) mass is 278 g/mol. The first-order chi connectivity index (χ1) is 9.76. The van der Waals surface area contributed by atoms with Gasteiger partial charge in [0.1, 0.15) is 5.75 Å².